The van der Waals surface area contributed by atoms with E-state index >= 15 is 0 Å². The summed E-state index contributed by atoms with van der Waals surface area (Å²) in [6.45, 7) is 8.84. The van der Waals surface area contributed by atoms with Gasteiger partial charge in [0.1, 0.15) is 0 Å². The number of hydrogen-bond acceptors (Lipinski definition) is 3. The molecule has 0 atom stereocenters. The molecule has 7 heteroatoms. The number of benzene rings is 1. The Bertz CT molecular complexity index is 756. The molecular formula is C18H24Cl2N5+. The molecular weight excluding hydrogens is 357 g/mol. The number of hydrogen-bond donors (Lipinski definition) is 1. The summed E-state index contributed by atoms with van der Waals surface area (Å²) in [5.74, 6) is 0. The minimum absolute atomic E-state index is 0.552. The first kappa shape index (κ1) is 18.2. The maximum atomic E-state index is 6.29. The zero-order chi connectivity index (χ0) is 18.0. The van der Waals surface area contributed by atoms with E-state index in [1.54, 1.807) is 4.90 Å². The Kier molecular flexibility index (Phi) is 5.67. The van der Waals surface area contributed by atoms with E-state index in [4.69, 9.17) is 23.2 Å². The number of hydrazone groups is 1. The molecule has 1 aliphatic rings. The molecule has 1 aliphatic heterocycles. The van der Waals surface area contributed by atoms with Crippen molar-refractivity contribution in [1.82, 2.24) is 14.8 Å². The van der Waals surface area contributed by atoms with Gasteiger partial charge in [0.25, 0.3) is 0 Å². The molecule has 2 aromatic rings. The topological polar surface area (TPSA) is 37.9 Å². The van der Waals surface area contributed by atoms with Crippen molar-refractivity contribution >= 4 is 29.4 Å². The molecule has 0 amide bonds. The zero-order valence-electron chi connectivity index (χ0n) is 14.9. The van der Waals surface area contributed by atoms with Gasteiger partial charge in [-0.3, -0.25) is 9.69 Å². The Morgan fingerprint density at radius 3 is 2.48 bits per heavy atom. The Labute approximate surface area is 158 Å². The van der Waals surface area contributed by atoms with Crippen molar-refractivity contribution in [3.8, 4) is 0 Å². The minimum atomic E-state index is 0.552. The van der Waals surface area contributed by atoms with Crippen LogP contribution in [0.2, 0.25) is 10.0 Å². The Hall–Kier alpha value is -1.56. The smallest absolute Gasteiger partial charge is 0.0964 e. The molecule has 1 saturated heterocycles. The molecule has 0 unspecified atom stereocenters. The molecule has 0 aliphatic carbocycles. The lowest BCUT2D eigenvalue weighted by molar-refractivity contribution is -0.884. The van der Waals surface area contributed by atoms with Crippen LogP contribution in [0.5, 0.6) is 0 Å². The van der Waals surface area contributed by atoms with E-state index in [1.165, 1.54) is 0 Å². The van der Waals surface area contributed by atoms with Crippen molar-refractivity contribution < 1.29 is 4.90 Å². The van der Waals surface area contributed by atoms with Gasteiger partial charge < -0.3 is 4.90 Å². The number of rotatable bonds is 4. The van der Waals surface area contributed by atoms with Gasteiger partial charge in [-0.2, -0.15) is 10.2 Å². The Balaban J connectivity index is 1.79. The lowest BCUT2D eigenvalue weighted by Crippen LogP contribution is -3.11. The van der Waals surface area contributed by atoms with Gasteiger partial charge in [-0.25, -0.2) is 0 Å². The van der Waals surface area contributed by atoms with Crippen LogP contribution in [0, 0.1) is 13.8 Å². The monoisotopic (exact) mass is 380 g/mol. The quantitative estimate of drug-likeness (QED) is 0.823. The number of aryl methyl sites for hydroxylation is 1. The number of nitrogens with zero attached hydrogens (tertiary/aromatic N) is 4. The van der Waals surface area contributed by atoms with E-state index in [-0.39, 0.29) is 0 Å². The predicted octanol–water partition coefficient (Wildman–Crippen LogP) is 2.02. The lowest BCUT2D eigenvalue weighted by Gasteiger charge is -2.27. The molecule has 0 spiro atoms. The lowest BCUT2D eigenvalue weighted by atomic mass is 10.2. The SMILES string of the molecule is Cc1nn(Cc2c(Cl)cccc2Cl)c(C)c1/C=N\N1CC[NH+](C)CC1. The Morgan fingerprint density at radius 2 is 1.84 bits per heavy atom. The van der Waals surface area contributed by atoms with Gasteiger partial charge >= 0.3 is 0 Å². The van der Waals surface area contributed by atoms with Crippen molar-refractivity contribution in [2.24, 2.45) is 5.10 Å². The maximum absolute atomic E-state index is 6.29. The van der Waals surface area contributed by atoms with E-state index < -0.39 is 0 Å². The van der Waals surface area contributed by atoms with Crippen molar-refractivity contribution in [3.05, 3.63) is 50.8 Å². The van der Waals surface area contributed by atoms with Gasteiger partial charge in [0.15, 0.2) is 0 Å². The highest BCUT2D eigenvalue weighted by Crippen LogP contribution is 2.26. The molecule has 1 N–H and O–H groups in total. The number of nitrogens with one attached hydrogen (secondary N) is 1. The summed E-state index contributed by atoms with van der Waals surface area (Å²) in [6, 6.07) is 5.56. The number of aromatic nitrogens is 2. The second kappa shape index (κ2) is 7.77. The number of piperazine rings is 1. The average molecular weight is 381 g/mol. The van der Waals surface area contributed by atoms with Crippen LogP contribution in [0.15, 0.2) is 23.3 Å². The van der Waals surface area contributed by atoms with Crippen LogP contribution in [0.1, 0.15) is 22.5 Å². The average Bonchev–Trinajstić information content (AvgIpc) is 2.84. The molecule has 3 rings (SSSR count). The molecule has 134 valence electrons. The highest BCUT2D eigenvalue weighted by molar-refractivity contribution is 6.35. The highest BCUT2D eigenvalue weighted by atomic mass is 35.5. The summed E-state index contributed by atoms with van der Waals surface area (Å²) < 4.78 is 1.94. The maximum Gasteiger partial charge on any atom is 0.0964 e. The zero-order valence-corrected chi connectivity index (χ0v) is 16.4. The van der Waals surface area contributed by atoms with Crippen molar-refractivity contribution in [1.29, 1.82) is 0 Å². The van der Waals surface area contributed by atoms with Gasteiger partial charge in [0.05, 0.1) is 51.7 Å². The van der Waals surface area contributed by atoms with E-state index in [1.807, 2.05) is 36.0 Å². The molecule has 0 radical (unpaired) electrons. The fourth-order valence-corrected chi connectivity index (χ4v) is 3.53. The molecule has 1 aromatic carbocycles. The van der Waals surface area contributed by atoms with Crippen molar-refractivity contribution in [3.63, 3.8) is 0 Å². The first-order chi connectivity index (χ1) is 12.0. The van der Waals surface area contributed by atoms with Crippen molar-refractivity contribution in [2.75, 3.05) is 33.2 Å². The summed E-state index contributed by atoms with van der Waals surface area (Å²) in [4.78, 5) is 1.56. The van der Waals surface area contributed by atoms with Gasteiger partial charge in [-0.05, 0) is 26.0 Å². The normalized spacial score (nSPS) is 16.1. The number of quaternary nitrogens is 1. The first-order valence-electron chi connectivity index (χ1n) is 8.53. The molecule has 25 heavy (non-hydrogen) atoms. The molecule has 0 saturated carbocycles. The molecule has 1 aromatic heterocycles. The third kappa shape index (κ3) is 4.17. The summed E-state index contributed by atoms with van der Waals surface area (Å²) in [5, 5.41) is 12.8. The van der Waals surface area contributed by atoms with Crippen LogP contribution in [0.4, 0.5) is 0 Å². The van der Waals surface area contributed by atoms with Crippen LogP contribution < -0.4 is 4.90 Å². The fourth-order valence-electron chi connectivity index (χ4n) is 3.02. The van der Waals surface area contributed by atoms with Crippen LogP contribution in [-0.4, -0.2) is 54.2 Å². The minimum Gasteiger partial charge on any atom is -0.334 e. The predicted molar refractivity (Wildman–Crippen MR) is 103 cm³/mol. The Morgan fingerprint density at radius 1 is 1.20 bits per heavy atom. The first-order valence-corrected chi connectivity index (χ1v) is 9.28. The summed E-state index contributed by atoms with van der Waals surface area (Å²) in [5.41, 5.74) is 3.98. The van der Waals surface area contributed by atoms with Crippen LogP contribution in [-0.2, 0) is 6.54 Å². The third-order valence-corrected chi connectivity index (χ3v) is 5.46. The highest BCUT2D eigenvalue weighted by Gasteiger charge is 2.16. The molecule has 2 heterocycles. The largest absolute Gasteiger partial charge is 0.334 e. The second-order valence-electron chi connectivity index (χ2n) is 6.60. The van der Waals surface area contributed by atoms with Crippen molar-refractivity contribution in [2.45, 2.75) is 20.4 Å². The van der Waals surface area contributed by atoms with E-state index in [0.717, 1.165) is 48.7 Å². The molecule has 0 bridgehead atoms. The summed E-state index contributed by atoms with van der Waals surface area (Å²) in [7, 11) is 2.22. The van der Waals surface area contributed by atoms with Gasteiger partial charge in [0.2, 0.25) is 0 Å². The van der Waals surface area contributed by atoms with Crippen LogP contribution in [0.25, 0.3) is 0 Å². The number of halogens is 2. The standard InChI is InChI=1S/C18H23Cl2N5/c1-13-15(11-21-24-9-7-23(3)8-10-24)14(2)25(22-13)12-16-17(19)5-4-6-18(16)20/h4-6,11H,7-10,12H2,1-3H3/p+1/b21-11-. The molecule has 1 fully saturated rings. The van der Waals surface area contributed by atoms with Gasteiger partial charge in [-0.15, -0.1) is 0 Å². The molecule has 5 nitrogen and oxygen atoms in total. The summed E-state index contributed by atoms with van der Waals surface area (Å²) >= 11 is 12.6. The number of likely N-dealkylation sites (N-methyl/N-ethyl adjacent to an activating group) is 1. The van der Waals surface area contributed by atoms with Crippen LogP contribution >= 0.6 is 23.2 Å². The van der Waals surface area contributed by atoms with E-state index in [2.05, 4.69) is 29.2 Å². The third-order valence-electron chi connectivity index (χ3n) is 4.75. The van der Waals surface area contributed by atoms with Gasteiger partial charge in [-0.1, -0.05) is 29.3 Å². The summed E-state index contributed by atoms with van der Waals surface area (Å²) in [6.07, 6.45) is 1.93. The van der Waals surface area contributed by atoms with Gasteiger partial charge in [0, 0.05) is 26.9 Å². The van der Waals surface area contributed by atoms with E-state index in [9.17, 15) is 0 Å². The second-order valence-corrected chi connectivity index (χ2v) is 7.41. The van der Waals surface area contributed by atoms with Crippen LogP contribution in [0.3, 0.4) is 0 Å². The fraction of sp³-hybridized carbons (Fsp3) is 0.444. The van der Waals surface area contributed by atoms with E-state index in [0.29, 0.717) is 16.6 Å².